The summed E-state index contributed by atoms with van der Waals surface area (Å²) in [5.74, 6) is -0.0355. The zero-order chi connectivity index (χ0) is 8.27. The van der Waals surface area contributed by atoms with E-state index in [-0.39, 0.29) is 5.95 Å². The van der Waals surface area contributed by atoms with Crippen molar-refractivity contribution in [2.45, 2.75) is 6.92 Å². The van der Waals surface area contributed by atoms with Gasteiger partial charge in [-0.15, -0.1) is 0 Å². The smallest absolute Gasteiger partial charge is 0.389 e. The lowest BCUT2D eigenvalue weighted by atomic mass is 10.5. The van der Waals surface area contributed by atoms with Crippen molar-refractivity contribution in [3.63, 3.8) is 0 Å². The van der Waals surface area contributed by atoms with Crippen molar-refractivity contribution < 1.29 is 4.73 Å². The molecule has 0 amide bonds. The SMILES string of the molecule is CCNc1cnc(N)[n+]([O-])c1. The molecule has 0 aliphatic carbocycles. The summed E-state index contributed by atoms with van der Waals surface area (Å²) in [5, 5.41) is 13.7. The summed E-state index contributed by atoms with van der Waals surface area (Å²) in [6.45, 7) is 2.69. The van der Waals surface area contributed by atoms with Crippen molar-refractivity contribution in [2.75, 3.05) is 17.6 Å². The van der Waals surface area contributed by atoms with Crippen LogP contribution in [0.4, 0.5) is 11.6 Å². The van der Waals surface area contributed by atoms with Crippen LogP contribution < -0.4 is 15.8 Å². The van der Waals surface area contributed by atoms with Gasteiger partial charge in [0.15, 0.2) is 0 Å². The molecule has 5 nitrogen and oxygen atoms in total. The molecule has 1 aromatic heterocycles. The Labute approximate surface area is 64.4 Å². The van der Waals surface area contributed by atoms with Gasteiger partial charge < -0.3 is 10.5 Å². The van der Waals surface area contributed by atoms with Gasteiger partial charge in [0.05, 0.1) is 6.20 Å². The van der Waals surface area contributed by atoms with E-state index in [9.17, 15) is 5.21 Å². The molecule has 0 saturated heterocycles. The van der Waals surface area contributed by atoms with Crippen LogP contribution in [-0.4, -0.2) is 11.5 Å². The normalized spacial score (nSPS) is 9.55. The lowest BCUT2D eigenvalue weighted by Gasteiger charge is -2.06. The van der Waals surface area contributed by atoms with E-state index in [1.165, 1.54) is 12.4 Å². The second-order valence-electron chi connectivity index (χ2n) is 2.06. The number of rotatable bonds is 2. The molecule has 1 aromatic rings. The fourth-order valence-corrected chi connectivity index (χ4v) is 0.714. The first-order valence-corrected chi connectivity index (χ1v) is 3.32. The summed E-state index contributed by atoms with van der Waals surface area (Å²) in [7, 11) is 0. The van der Waals surface area contributed by atoms with Crippen LogP contribution in [0, 0.1) is 5.21 Å². The van der Waals surface area contributed by atoms with Gasteiger partial charge in [-0.2, -0.15) is 0 Å². The van der Waals surface area contributed by atoms with Crippen LogP contribution in [-0.2, 0) is 0 Å². The van der Waals surface area contributed by atoms with Crippen molar-refractivity contribution in [2.24, 2.45) is 0 Å². The number of hydrogen-bond donors (Lipinski definition) is 2. The Kier molecular flexibility index (Phi) is 2.10. The summed E-state index contributed by atoms with van der Waals surface area (Å²) >= 11 is 0. The van der Waals surface area contributed by atoms with Gasteiger partial charge >= 0.3 is 5.95 Å². The van der Waals surface area contributed by atoms with E-state index in [4.69, 9.17) is 5.73 Å². The highest BCUT2D eigenvalue weighted by molar-refractivity contribution is 5.36. The monoisotopic (exact) mass is 154 g/mol. The fraction of sp³-hybridized carbons (Fsp3) is 0.333. The Morgan fingerprint density at radius 3 is 3.09 bits per heavy atom. The van der Waals surface area contributed by atoms with Crippen molar-refractivity contribution in [1.29, 1.82) is 0 Å². The fourth-order valence-electron chi connectivity index (χ4n) is 0.714. The first-order chi connectivity index (χ1) is 5.24. The maximum absolute atomic E-state index is 10.8. The number of nitrogens with one attached hydrogen (secondary N) is 1. The van der Waals surface area contributed by atoms with Gasteiger partial charge in [0.2, 0.25) is 0 Å². The molecule has 1 rings (SSSR count). The Hall–Kier alpha value is -1.52. The quantitative estimate of drug-likeness (QED) is 0.454. The van der Waals surface area contributed by atoms with Crippen molar-refractivity contribution in [1.82, 2.24) is 4.98 Å². The minimum atomic E-state index is -0.0355. The molecule has 0 aliphatic rings. The lowest BCUT2D eigenvalue weighted by molar-refractivity contribution is -0.591. The molecule has 0 spiro atoms. The maximum atomic E-state index is 10.8. The summed E-state index contributed by atoms with van der Waals surface area (Å²) in [6, 6.07) is 0. The van der Waals surface area contributed by atoms with Gasteiger partial charge in [-0.3, -0.25) is 5.73 Å². The van der Waals surface area contributed by atoms with E-state index in [1.807, 2.05) is 6.92 Å². The third kappa shape index (κ3) is 1.70. The highest BCUT2D eigenvalue weighted by atomic mass is 16.5. The molecule has 0 aliphatic heterocycles. The number of anilines is 2. The van der Waals surface area contributed by atoms with Crippen molar-refractivity contribution >= 4 is 11.6 Å². The highest BCUT2D eigenvalue weighted by Crippen LogP contribution is 1.99. The molecule has 0 aromatic carbocycles. The first-order valence-electron chi connectivity index (χ1n) is 3.32. The van der Waals surface area contributed by atoms with E-state index in [2.05, 4.69) is 10.3 Å². The molecule has 0 saturated carbocycles. The van der Waals surface area contributed by atoms with Gasteiger partial charge in [-0.25, -0.2) is 4.73 Å². The molecule has 1 heterocycles. The Bertz CT molecular complexity index is 250. The third-order valence-electron chi connectivity index (χ3n) is 1.20. The summed E-state index contributed by atoms with van der Waals surface area (Å²) < 4.78 is 0.526. The third-order valence-corrected chi connectivity index (χ3v) is 1.20. The van der Waals surface area contributed by atoms with Gasteiger partial charge in [0.25, 0.3) is 0 Å². The van der Waals surface area contributed by atoms with E-state index in [0.717, 1.165) is 6.54 Å². The Morgan fingerprint density at radius 1 is 1.82 bits per heavy atom. The number of aromatic nitrogens is 2. The van der Waals surface area contributed by atoms with Crippen LogP contribution in [0.1, 0.15) is 6.92 Å². The van der Waals surface area contributed by atoms with Crippen LogP contribution in [0.25, 0.3) is 0 Å². The number of hydrogen-bond acceptors (Lipinski definition) is 4. The van der Waals surface area contributed by atoms with Crippen LogP contribution in [0.2, 0.25) is 0 Å². The molecule has 60 valence electrons. The van der Waals surface area contributed by atoms with Gasteiger partial charge in [0.1, 0.15) is 11.9 Å². The first kappa shape index (κ1) is 7.59. The van der Waals surface area contributed by atoms with Crippen LogP contribution in [0.15, 0.2) is 12.4 Å². The van der Waals surface area contributed by atoms with Crippen LogP contribution in [0.5, 0.6) is 0 Å². The topological polar surface area (TPSA) is 77.9 Å². The number of nitrogen functional groups attached to an aromatic ring is 1. The summed E-state index contributed by atoms with van der Waals surface area (Å²) in [6.07, 6.45) is 2.87. The number of nitrogens with two attached hydrogens (primary N) is 1. The largest absolute Gasteiger partial charge is 0.740 e. The molecule has 0 unspecified atom stereocenters. The molecular formula is C6H10N4O. The second kappa shape index (κ2) is 3.05. The van der Waals surface area contributed by atoms with Gasteiger partial charge in [-0.05, 0) is 6.92 Å². The molecular weight excluding hydrogens is 144 g/mol. The number of nitrogens with zero attached hydrogens (tertiary/aromatic N) is 2. The molecule has 3 N–H and O–H groups in total. The molecule has 5 heteroatoms. The molecule has 11 heavy (non-hydrogen) atoms. The van der Waals surface area contributed by atoms with E-state index in [1.54, 1.807) is 0 Å². The van der Waals surface area contributed by atoms with Crippen molar-refractivity contribution in [3.05, 3.63) is 17.6 Å². The minimum absolute atomic E-state index is 0.0355. The predicted molar refractivity (Wildman–Crippen MR) is 41.8 cm³/mol. The van der Waals surface area contributed by atoms with Gasteiger partial charge in [0, 0.05) is 6.54 Å². The lowest BCUT2D eigenvalue weighted by Crippen LogP contribution is -2.31. The zero-order valence-corrected chi connectivity index (χ0v) is 6.24. The zero-order valence-electron chi connectivity index (χ0n) is 6.24. The average Bonchev–Trinajstić information content (AvgIpc) is 1.98. The molecule has 0 radical (unpaired) electrons. The highest BCUT2D eigenvalue weighted by Gasteiger charge is 1.99. The predicted octanol–water partition coefficient (Wildman–Crippen LogP) is -0.271. The summed E-state index contributed by atoms with van der Waals surface area (Å²) in [4.78, 5) is 3.66. The molecule has 0 bridgehead atoms. The Morgan fingerprint density at radius 2 is 2.55 bits per heavy atom. The minimum Gasteiger partial charge on any atom is -0.740 e. The molecule has 0 fully saturated rings. The second-order valence-corrected chi connectivity index (χ2v) is 2.06. The summed E-state index contributed by atoms with van der Waals surface area (Å²) in [5.41, 5.74) is 5.87. The average molecular weight is 154 g/mol. The Balaban J connectivity index is 2.86. The van der Waals surface area contributed by atoms with Gasteiger partial charge in [-0.1, -0.05) is 4.98 Å². The van der Waals surface area contributed by atoms with Crippen molar-refractivity contribution in [3.8, 4) is 0 Å². The molecule has 0 atom stereocenters. The van der Waals surface area contributed by atoms with E-state index in [0.29, 0.717) is 10.4 Å². The van der Waals surface area contributed by atoms with E-state index >= 15 is 0 Å². The van der Waals surface area contributed by atoms with E-state index < -0.39 is 0 Å². The standard InChI is InChI=1S/C6H10N4O/c1-2-8-5-3-9-6(7)10(11)4-5/h3-4,8H,2H2,1H3,(H2,7,9). The van der Waals surface area contributed by atoms with Crippen LogP contribution in [0.3, 0.4) is 0 Å². The maximum Gasteiger partial charge on any atom is 0.389 e. The van der Waals surface area contributed by atoms with Crippen LogP contribution >= 0.6 is 0 Å².